The zero-order chi connectivity index (χ0) is 21.7. The maximum atomic E-state index is 12.9. The summed E-state index contributed by atoms with van der Waals surface area (Å²) in [4.78, 5) is 44.8. The first-order valence-corrected chi connectivity index (χ1v) is 10.4. The van der Waals surface area contributed by atoms with Crippen molar-refractivity contribution in [3.63, 3.8) is 0 Å². The normalized spacial score (nSPS) is 18.3. The van der Waals surface area contributed by atoms with Gasteiger partial charge in [0.25, 0.3) is 5.91 Å². The summed E-state index contributed by atoms with van der Waals surface area (Å²) in [6.45, 7) is 4.84. The summed E-state index contributed by atoms with van der Waals surface area (Å²) >= 11 is 0. The minimum absolute atomic E-state index is 0.000354. The monoisotopic (exact) mass is 414 g/mol. The van der Waals surface area contributed by atoms with E-state index in [1.807, 2.05) is 38.1 Å². The molecule has 0 unspecified atom stereocenters. The SMILES string of the molecule is CC(C)C[C@H](NC(=O)c1nc2ccccc2[nH]1)C(=O)N[C@H](CN)C[C@@H]1CCNC1=O. The molecule has 162 valence electrons. The second-order valence-electron chi connectivity index (χ2n) is 8.21. The van der Waals surface area contributed by atoms with Crippen LogP contribution in [0, 0.1) is 11.8 Å². The number of aromatic nitrogens is 2. The summed E-state index contributed by atoms with van der Waals surface area (Å²) in [5.74, 6) is -0.537. The average Bonchev–Trinajstić information content (AvgIpc) is 3.32. The molecular formula is C21H30N6O3. The van der Waals surface area contributed by atoms with Crippen LogP contribution in [0.1, 0.15) is 43.7 Å². The van der Waals surface area contributed by atoms with Crippen LogP contribution in [-0.4, -0.2) is 52.9 Å². The number of nitrogens with two attached hydrogens (primary N) is 1. The smallest absolute Gasteiger partial charge is 0.287 e. The summed E-state index contributed by atoms with van der Waals surface area (Å²) in [5.41, 5.74) is 7.27. The first-order valence-electron chi connectivity index (χ1n) is 10.4. The van der Waals surface area contributed by atoms with Crippen LogP contribution in [0.4, 0.5) is 0 Å². The molecule has 1 aliphatic heterocycles. The number of nitrogens with one attached hydrogen (secondary N) is 4. The Morgan fingerprint density at radius 2 is 2.03 bits per heavy atom. The van der Waals surface area contributed by atoms with E-state index in [9.17, 15) is 14.4 Å². The van der Waals surface area contributed by atoms with Gasteiger partial charge in [-0.3, -0.25) is 14.4 Å². The lowest BCUT2D eigenvalue weighted by Gasteiger charge is -2.24. The third-order valence-corrected chi connectivity index (χ3v) is 5.30. The predicted molar refractivity (Wildman–Crippen MR) is 114 cm³/mol. The van der Waals surface area contributed by atoms with E-state index in [1.54, 1.807) is 0 Å². The molecule has 3 amide bonds. The van der Waals surface area contributed by atoms with Crippen molar-refractivity contribution in [2.75, 3.05) is 13.1 Å². The average molecular weight is 415 g/mol. The topological polar surface area (TPSA) is 142 Å². The van der Waals surface area contributed by atoms with E-state index in [0.29, 0.717) is 24.9 Å². The van der Waals surface area contributed by atoms with Crippen molar-refractivity contribution in [1.29, 1.82) is 0 Å². The highest BCUT2D eigenvalue weighted by molar-refractivity contribution is 5.97. The minimum Gasteiger partial charge on any atom is -0.356 e. The van der Waals surface area contributed by atoms with Gasteiger partial charge in [-0.2, -0.15) is 0 Å². The quantitative estimate of drug-likeness (QED) is 0.410. The minimum atomic E-state index is -0.725. The number of para-hydroxylation sites is 2. The first-order chi connectivity index (χ1) is 14.4. The van der Waals surface area contributed by atoms with Crippen molar-refractivity contribution in [2.24, 2.45) is 17.6 Å². The van der Waals surface area contributed by atoms with Crippen molar-refractivity contribution in [3.8, 4) is 0 Å². The fraction of sp³-hybridized carbons (Fsp3) is 0.524. The highest BCUT2D eigenvalue weighted by Crippen LogP contribution is 2.16. The van der Waals surface area contributed by atoms with Crippen molar-refractivity contribution >= 4 is 28.8 Å². The summed E-state index contributed by atoms with van der Waals surface area (Å²) in [5, 5.41) is 8.50. The number of hydrogen-bond donors (Lipinski definition) is 5. The largest absolute Gasteiger partial charge is 0.356 e. The number of rotatable bonds is 9. The van der Waals surface area contributed by atoms with Gasteiger partial charge in [-0.05, 0) is 37.3 Å². The summed E-state index contributed by atoms with van der Waals surface area (Å²) in [6.07, 6.45) is 1.70. The Morgan fingerprint density at radius 1 is 1.27 bits per heavy atom. The van der Waals surface area contributed by atoms with E-state index in [4.69, 9.17) is 5.73 Å². The summed E-state index contributed by atoms with van der Waals surface area (Å²) < 4.78 is 0. The molecule has 0 spiro atoms. The number of H-pyrrole nitrogens is 1. The molecular weight excluding hydrogens is 384 g/mol. The number of amides is 3. The number of benzene rings is 1. The Morgan fingerprint density at radius 3 is 2.67 bits per heavy atom. The van der Waals surface area contributed by atoms with Gasteiger partial charge in [-0.15, -0.1) is 0 Å². The maximum Gasteiger partial charge on any atom is 0.287 e. The van der Waals surface area contributed by atoms with Gasteiger partial charge < -0.3 is 26.7 Å². The molecule has 0 radical (unpaired) electrons. The molecule has 1 aromatic carbocycles. The molecule has 2 heterocycles. The van der Waals surface area contributed by atoms with Crippen molar-refractivity contribution in [1.82, 2.24) is 25.9 Å². The number of nitrogens with zero attached hydrogens (tertiary/aromatic N) is 1. The molecule has 1 aromatic heterocycles. The lowest BCUT2D eigenvalue weighted by molar-refractivity contribution is -0.125. The van der Waals surface area contributed by atoms with Crippen LogP contribution in [0.15, 0.2) is 24.3 Å². The van der Waals surface area contributed by atoms with Gasteiger partial charge in [0.05, 0.1) is 11.0 Å². The van der Waals surface area contributed by atoms with Crippen molar-refractivity contribution < 1.29 is 14.4 Å². The standard InChI is InChI=1S/C21H30N6O3/c1-12(2)9-17(20(29)24-14(11-22)10-13-7-8-23-19(13)28)27-21(30)18-25-15-5-3-4-6-16(15)26-18/h3-6,12-14,17H,7-11,22H2,1-2H3,(H,23,28)(H,24,29)(H,25,26)(H,27,30)/t13-,14-,17-/m0/s1. The Labute approximate surface area is 175 Å². The van der Waals surface area contributed by atoms with E-state index >= 15 is 0 Å². The van der Waals surface area contributed by atoms with Crippen LogP contribution in [0.2, 0.25) is 0 Å². The van der Waals surface area contributed by atoms with E-state index in [-0.39, 0.29) is 42.1 Å². The fourth-order valence-electron chi connectivity index (χ4n) is 3.72. The van der Waals surface area contributed by atoms with Crippen LogP contribution < -0.4 is 21.7 Å². The number of carbonyl (C=O) groups is 3. The molecule has 1 aliphatic rings. The highest BCUT2D eigenvalue weighted by Gasteiger charge is 2.30. The van der Waals surface area contributed by atoms with E-state index in [2.05, 4.69) is 25.9 Å². The summed E-state index contributed by atoms with van der Waals surface area (Å²) in [6, 6.07) is 6.29. The van der Waals surface area contributed by atoms with Gasteiger partial charge in [0.1, 0.15) is 6.04 Å². The molecule has 6 N–H and O–H groups in total. The van der Waals surface area contributed by atoms with Crippen LogP contribution in [0.5, 0.6) is 0 Å². The van der Waals surface area contributed by atoms with Crippen molar-refractivity contribution in [3.05, 3.63) is 30.1 Å². The zero-order valence-electron chi connectivity index (χ0n) is 17.4. The molecule has 2 aromatic rings. The van der Waals surface area contributed by atoms with Crippen LogP contribution in [-0.2, 0) is 9.59 Å². The Kier molecular flexibility index (Phi) is 7.04. The molecule has 3 atom stereocenters. The molecule has 1 saturated heterocycles. The molecule has 9 nitrogen and oxygen atoms in total. The Balaban J connectivity index is 1.66. The summed E-state index contributed by atoms with van der Waals surface area (Å²) in [7, 11) is 0. The molecule has 3 rings (SSSR count). The number of aromatic amines is 1. The molecule has 1 fully saturated rings. The van der Waals surface area contributed by atoms with Gasteiger partial charge >= 0.3 is 0 Å². The predicted octanol–water partition coefficient (Wildman–Crippen LogP) is 0.677. The molecule has 0 bridgehead atoms. The van der Waals surface area contributed by atoms with Crippen LogP contribution >= 0.6 is 0 Å². The lowest BCUT2D eigenvalue weighted by Crippen LogP contribution is -2.52. The van der Waals surface area contributed by atoms with Crippen LogP contribution in [0.25, 0.3) is 11.0 Å². The number of imidazole rings is 1. The van der Waals surface area contributed by atoms with Crippen molar-refractivity contribution in [2.45, 2.75) is 45.2 Å². The number of fused-ring (bicyclic) bond motifs is 1. The fourth-order valence-corrected chi connectivity index (χ4v) is 3.72. The number of hydrogen-bond acceptors (Lipinski definition) is 5. The van der Waals surface area contributed by atoms with E-state index in [0.717, 1.165) is 11.9 Å². The van der Waals surface area contributed by atoms with Gasteiger partial charge in [-0.25, -0.2) is 4.98 Å². The van der Waals surface area contributed by atoms with Crippen LogP contribution in [0.3, 0.4) is 0 Å². The number of carbonyl (C=O) groups excluding carboxylic acids is 3. The Bertz CT molecular complexity index is 876. The molecule has 0 saturated carbocycles. The first kappa shape index (κ1) is 21.8. The lowest BCUT2D eigenvalue weighted by atomic mass is 9.97. The van der Waals surface area contributed by atoms with Gasteiger partial charge in [-0.1, -0.05) is 26.0 Å². The molecule has 30 heavy (non-hydrogen) atoms. The van der Waals surface area contributed by atoms with E-state index < -0.39 is 11.9 Å². The zero-order valence-corrected chi connectivity index (χ0v) is 17.4. The molecule has 9 heteroatoms. The molecule has 0 aliphatic carbocycles. The van der Waals surface area contributed by atoms with Gasteiger partial charge in [0.2, 0.25) is 11.8 Å². The third-order valence-electron chi connectivity index (χ3n) is 5.30. The highest BCUT2D eigenvalue weighted by atomic mass is 16.2. The van der Waals surface area contributed by atoms with Gasteiger partial charge in [0, 0.05) is 25.0 Å². The van der Waals surface area contributed by atoms with E-state index in [1.165, 1.54) is 0 Å². The third kappa shape index (κ3) is 5.35. The Hall–Kier alpha value is -2.94. The second kappa shape index (κ2) is 9.71. The second-order valence-corrected chi connectivity index (χ2v) is 8.21. The maximum absolute atomic E-state index is 12.9. The van der Waals surface area contributed by atoms with Gasteiger partial charge in [0.15, 0.2) is 5.82 Å².